The van der Waals surface area contributed by atoms with Crippen molar-refractivity contribution in [3.8, 4) is 21.1 Å². The van der Waals surface area contributed by atoms with E-state index in [1.807, 2.05) is 12.1 Å². The van der Waals surface area contributed by atoms with E-state index in [0.717, 1.165) is 34.0 Å². The highest BCUT2D eigenvalue weighted by Crippen LogP contribution is 2.35. The number of rotatable bonds is 5. The van der Waals surface area contributed by atoms with Gasteiger partial charge in [-0.3, -0.25) is 0 Å². The normalized spacial score (nSPS) is 12.2. The van der Waals surface area contributed by atoms with Crippen molar-refractivity contribution in [1.29, 1.82) is 0 Å². The standard InChI is InChI=1S/C22H20F3N3S/c1-13(2)26-12-14-3-5-15(6-4-14)19-9-10-20(29-19)21-27-17-8-7-16(22(23,24)25)11-18(17)28-21/h3-11,13,26H,12H2,1-2H3,(H,27,28). The number of benzene rings is 2. The molecule has 7 heteroatoms. The van der Waals surface area contributed by atoms with Crippen molar-refractivity contribution in [3.63, 3.8) is 0 Å². The maximum Gasteiger partial charge on any atom is 0.416 e. The van der Waals surface area contributed by atoms with Gasteiger partial charge in [-0.1, -0.05) is 38.1 Å². The molecule has 150 valence electrons. The van der Waals surface area contributed by atoms with Crippen LogP contribution in [0.5, 0.6) is 0 Å². The number of thiophene rings is 1. The first-order chi connectivity index (χ1) is 13.8. The molecule has 29 heavy (non-hydrogen) atoms. The van der Waals surface area contributed by atoms with Crippen LogP contribution in [0.15, 0.2) is 54.6 Å². The monoisotopic (exact) mass is 415 g/mol. The molecule has 0 aliphatic carbocycles. The quantitative estimate of drug-likeness (QED) is 0.392. The van der Waals surface area contributed by atoms with Crippen molar-refractivity contribution in [2.45, 2.75) is 32.6 Å². The van der Waals surface area contributed by atoms with Crippen molar-refractivity contribution in [2.75, 3.05) is 0 Å². The van der Waals surface area contributed by atoms with Gasteiger partial charge in [0.1, 0.15) is 5.82 Å². The molecule has 3 nitrogen and oxygen atoms in total. The summed E-state index contributed by atoms with van der Waals surface area (Å²) in [6, 6.07) is 16.3. The lowest BCUT2D eigenvalue weighted by molar-refractivity contribution is -0.137. The summed E-state index contributed by atoms with van der Waals surface area (Å²) in [6.07, 6.45) is -4.37. The van der Waals surface area contributed by atoms with E-state index in [1.54, 1.807) is 11.3 Å². The molecule has 2 aromatic carbocycles. The second kappa shape index (κ2) is 7.65. The molecule has 4 aromatic rings. The fourth-order valence-corrected chi connectivity index (χ4v) is 3.99. The van der Waals surface area contributed by atoms with Crippen LogP contribution in [0.25, 0.3) is 32.2 Å². The van der Waals surface area contributed by atoms with E-state index in [9.17, 15) is 13.2 Å². The van der Waals surface area contributed by atoms with Gasteiger partial charge in [0, 0.05) is 17.5 Å². The lowest BCUT2D eigenvalue weighted by Crippen LogP contribution is -2.21. The van der Waals surface area contributed by atoms with Gasteiger partial charge in [-0.2, -0.15) is 13.2 Å². The van der Waals surface area contributed by atoms with Gasteiger partial charge in [0.25, 0.3) is 0 Å². The Morgan fingerprint density at radius 1 is 1.00 bits per heavy atom. The summed E-state index contributed by atoms with van der Waals surface area (Å²) in [4.78, 5) is 9.43. The van der Waals surface area contributed by atoms with Gasteiger partial charge in [-0.05, 0) is 41.5 Å². The van der Waals surface area contributed by atoms with E-state index < -0.39 is 11.7 Å². The molecule has 0 bridgehead atoms. The molecule has 0 aliphatic heterocycles. The Labute approximate surface area is 170 Å². The highest BCUT2D eigenvalue weighted by Gasteiger charge is 2.30. The summed E-state index contributed by atoms with van der Waals surface area (Å²) in [6.45, 7) is 5.06. The number of aromatic nitrogens is 2. The third-order valence-corrected chi connectivity index (χ3v) is 5.74. The van der Waals surface area contributed by atoms with E-state index in [4.69, 9.17) is 0 Å². The molecular formula is C22H20F3N3S. The minimum Gasteiger partial charge on any atom is -0.337 e. The molecule has 4 rings (SSSR count). The van der Waals surface area contributed by atoms with E-state index in [-0.39, 0.29) is 0 Å². The van der Waals surface area contributed by atoms with E-state index in [2.05, 4.69) is 53.4 Å². The van der Waals surface area contributed by atoms with Crippen LogP contribution >= 0.6 is 11.3 Å². The molecule has 2 aromatic heterocycles. The van der Waals surface area contributed by atoms with Gasteiger partial charge in [0.15, 0.2) is 0 Å². The third-order valence-electron chi connectivity index (χ3n) is 4.60. The van der Waals surface area contributed by atoms with Crippen LogP contribution < -0.4 is 5.32 Å². The number of nitrogens with zero attached hydrogens (tertiary/aromatic N) is 1. The first kappa shape index (κ1) is 19.7. The number of hydrogen-bond acceptors (Lipinski definition) is 3. The van der Waals surface area contributed by atoms with Crippen molar-refractivity contribution in [3.05, 3.63) is 65.7 Å². The Bertz CT molecular complexity index is 1120. The molecule has 0 spiro atoms. The van der Waals surface area contributed by atoms with Crippen molar-refractivity contribution in [1.82, 2.24) is 15.3 Å². The Morgan fingerprint density at radius 2 is 1.72 bits per heavy atom. The molecule has 0 saturated heterocycles. The largest absolute Gasteiger partial charge is 0.416 e. The highest BCUT2D eigenvalue weighted by atomic mass is 32.1. The Balaban J connectivity index is 1.57. The molecular weight excluding hydrogens is 395 g/mol. The lowest BCUT2D eigenvalue weighted by atomic mass is 10.1. The Morgan fingerprint density at radius 3 is 2.41 bits per heavy atom. The Hall–Kier alpha value is -2.64. The fraction of sp³-hybridized carbons (Fsp3) is 0.227. The smallest absolute Gasteiger partial charge is 0.337 e. The van der Waals surface area contributed by atoms with Crippen LogP contribution in [0.2, 0.25) is 0 Å². The predicted octanol–water partition coefficient (Wildman–Crippen LogP) is 6.48. The zero-order valence-electron chi connectivity index (χ0n) is 16.0. The second-order valence-electron chi connectivity index (χ2n) is 7.21. The number of nitrogens with one attached hydrogen (secondary N) is 2. The summed E-state index contributed by atoms with van der Waals surface area (Å²) < 4.78 is 38.7. The molecule has 0 amide bonds. The van der Waals surface area contributed by atoms with Crippen LogP contribution in [0.3, 0.4) is 0 Å². The lowest BCUT2D eigenvalue weighted by Gasteiger charge is -2.08. The minimum absolute atomic E-state index is 0.381. The number of H-pyrrole nitrogens is 1. The van der Waals surface area contributed by atoms with E-state index in [0.29, 0.717) is 22.9 Å². The molecule has 0 radical (unpaired) electrons. The van der Waals surface area contributed by atoms with Crippen LogP contribution in [0.4, 0.5) is 13.2 Å². The maximum atomic E-state index is 12.9. The summed E-state index contributed by atoms with van der Waals surface area (Å²) in [5.41, 5.74) is 2.54. The molecule has 0 fully saturated rings. The molecule has 2 N–H and O–H groups in total. The summed E-state index contributed by atoms with van der Waals surface area (Å²) >= 11 is 1.56. The minimum atomic E-state index is -4.37. The molecule has 0 aliphatic rings. The third kappa shape index (κ3) is 4.36. The summed E-state index contributed by atoms with van der Waals surface area (Å²) in [5, 5.41) is 3.39. The topological polar surface area (TPSA) is 40.7 Å². The van der Waals surface area contributed by atoms with Gasteiger partial charge in [0.2, 0.25) is 0 Å². The molecule has 0 unspecified atom stereocenters. The van der Waals surface area contributed by atoms with Crippen LogP contribution in [-0.4, -0.2) is 16.0 Å². The van der Waals surface area contributed by atoms with Crippen LogP contribution in [0.1, 0.15) is 25.0 Å². The maximum absolute atomic E-state index is 12.9. The van der Waals surface area contributed by atoms with E-state index >= 15 is 0 Å². The van der Waals surface area contributed by atoms with Crippen molar-refractivity contribution < 1.29 is 13.2 Å². The van der Waals surface area contributed by atoms with Crippen molar-refractivity contribution in [2.24, 2.45) is 0 Å². The number of halogens is 3. The highest BCUT2D eigenvalue weighted by molar-refractivity contribution is 7.18. The summed E-state index contributed by atoms with van der Waals surface area (Å²) in [5.74, 6) is 0.577. The zero-order chi connectivity index (χ0) is 20.6. The number of alkyl halides is 3. The average Bonchev–Trinajstić information content (AvgIpc) is 3.32. The second-order valence-corrected chi connectivity index (χ2v) is 8.30. The molecule has 2 heterocycles. The molecule has 0 atom stereocenters. The van der Waals surface area contributed by atoms with E-state index in [1.165, 1.54) is 11.6 Å². The van der Waals surface area contributed by atoms with Gasteiger partial charge in [0.05, 0.1) is 21.5 Å². The summed E-state index contributed by atoms with van der Waals surface area (Å²) in [7, 11) is 0. The number of fused-ring (bicyclic) bond motifs is 1. The van der Waals surface area contributed by atoms with Crippen molar-refractivity contribution >= 4 is 22.4 Å². The van der Waals surface area contributed by atoms with Gasteiger partial charge >= 0.3 is 6.18 Å². The van der Waals surface area contributed by atoms with Gasteiger partial charge in [-0.15, -0.1) is 11.3 Å². The predicted molar refractivity (Wildman–Crippen MR) is 112 cm³/mol. The number of hydrogen-bond donors (Lipinski definition) is 2. The van der Waals surface area contributed by atoms with Crippen LogP contribution in [-0.2, 0) is 12.7 Å². The Kier molecular flexibility index (Phi) is 5.19. The van der Waals surface area contributed by atoms with Gasteiger partial charge < -0.3 is 10.3 Å². The average molecular weight is 415 g/mol. The first-order valence-electron chi connectivity index (χ1n) is 9.29. The van der Waals surface area contributed by atoms with Gasteiger partial charge in [-0.25, -0.2) is 4.98 Å². The molecule has 0 saturated carbocycles. The zero-order valence-corrected chi connectivity index (χ0v) is 16.8. The first-order valence-corrected chi connectivity index (χ1v) is 10.1. The number of imidazole rings is 1. The SMILES string of the molecule is CC(C)NCc1ccc(-c2ccc(-c3nc4ccc(C(F)(F)F)cc4[nH]3)s2)cc1. The van der Waals surface area contributed by atoms with Crippen LogP contribution in [0, 0.1) is 0 Å². The fourth-order valence-electron chi connectivity index (χ4n) is 3.03. The number of aromatic amines is 1.